The molecule has 6 fully saturated rings. The number of hydrogen-bond acceptors (Lipinski definition) is 10. The number of Topliss-reactive ketones (excluding diaryl/α,β-unsaturated/α-hetero) is 2. The molecule has 7 heterocycles. The maximum atomic E-state index is 12.6. The fraction of sp³-hybridized carbons (Fsp3) is 0.553. The third-order valence-corrected chi connectivity index (χ3v) is 12.6. The van der Waals surface area contributed by atoms with Crippen LogP contribution in [0.15, 0.2) is 42.6 Å². The smallest absolute Gasteiger partial charge is 0.340 e. The second-order valence-corrected chi connectivity index (χ2v) is 16.8. The first-order valence-electron chi connectivity index (χ1n) is 17.9. The minimum absolute atomic E-state index is 0. The van der Waals surface area contributed by atoms with Crippen LogP contribution in [0.3, 0.4) is 0 Å². The van der Waals surface area contributed by atoms with Gasteiger partial charge in [0, 0.05) is 71.4 Å². The zero-order chi connectivity index (χ0) is 35.8. The van der Waals surface area contributed by atoms with Crippen molar-refractivity contribution in [3.05, 3.63) is 59.3 Å². The summed E-state index contributed by atoms with van der Waals surface area (Å²) in [4.78, 5) is 45.1. The van der Waals surface area contributed by atoms with Crippen LogP contribution in [0.5, 0.6) is 11.5 Å². The number of likely N-dealkylation sites (tertiary alicyclic amines) is 1. The van der Waals surface area contributed by atoms with Crippen molar-refractivity contribution >= 4 is 38.6 Å². The lowest BCUT2D eigenvalue weighted by Gasteiger charge is -2.57. The van der Waals surface area contributed by atoms with E-state index in [0.717, 1.165) is 73.9 Å². The summed E-state index contributed by atoms with van der Waals surface area (Å²) < 4.78 is 43.5. The summed E-state index contributed by atoms with van der Waals surface area (Å²) in [6, 6.07) is 13.3. The molecule has 14 heteroatoms. The quantitative estimate of drug-likeness (QED) is 0.297. The minimum atomic E-state index is -3.67. The number of nitrogens with one attached hydrogen (secondary N) is 1. The van der Waals surface area contributed by atoms with Gasteiger partial charge in [0.1, 0.15) is 11.9 Å². The lowest BCUT2D eigenvalue weighted by atomic mass is 9.52. The normalized spacial score (nSPS) is 33.3. The zero-order valence-corrected chi connectivity index (χ0v) is 30.5. The van der Waals surface area contributed by atoms with Gasteiger partial charge < -0.3 is 29.6 Å². The molecule has 1 saturated carbocycles. The number of aromatic amines is 1. The van der Waals surface area contributed by atoms with Gasteiger partial charge in [-0.2, -0.15) is 8.42 Å². The minimum Gasteiger partial charge on any atom is -0.493 e. The molecule has 8 aliphatic rings. The topological polar surface area (TPSA) is 187 Å². The molecule has 2 aliphatic carbocycles. The molecule has 52 heavy (non-hydrogen) atoms. The number of aromatic nitrogens is 1. The van der Waals surface area contributed by atoms with Gasteiger partial charge in [0.15, 0.2) is 23.4 Å². The van der Waals surface area contributed by atoms with E-state index in [9.17, 15) is 22.8 Å². The predicted molar refractivity (Wildman–Crippen MR) is 191 cm³/mol. The number of nitrogens with zero attached hydrogens (tertiary/aromatic N) is 2. The van der Waals surface area contributed by atoms with Gasteiger partial charge in [-0.15, -0.1) is 0 Å². The fourth-order valence-corrected chi connectivity index (χ4v) is 10.5. The second-order valence-electron chi connectivity index (χ2n) is 15.4. The molecule has 1 spiro atoms. The lowest BCUT2D eigenvalue weighted by molar-refractivity contribution is -0.145. The number of H-pyrrole nitrogens is 1. The van der Waals surface area contributed by atoms with Gasteiger partial charge in [-0.05, 0) is 69.3 Å². The van der Waals surface area contributed by atoms with E-state index >= 15 is 0 Å². The molecule has 6 bridgehead atoms. The van der Waals surface area contributed by atoms with Gasteiger partial charge in [0.05, 0.1) is 25.5 Å². The summed E-state index contributed by atoms with van der Waals surface area (Å²) in [5, 5.41) is 0.909. The van der Waals surface area contributed by atoms with Gasteiger partial charge in [0.25, 0.3) is 10.1 Å². The summed E-state index contributed by atoms with van der Waals surface area (Å²) in [7, 11) is 0.245. The molecular formula is C38H47N3O10S. The predicted octanol–water partition coefficient (Wildman–Crippen LogP) is 3.13. The number of piperidine rings is 5. The Kier molecular flexibility index (Phi) is 9.52. The van der Waals surface area contributed by atoms with E-state index in [0.29, 0.717) is 54.6 Å². The number of carbonyl (C=O) groups excluding carboxylic acids is 3. The average molecular weight is 738 g/mol. The molecule has 1 unspecified atom stereocenters. The van der Waals surface area contributed by atoms with Crippen LogP contribution in [0.1, 0.15) is 66.4 Å². The first kappa shape index (κ1) is 36.5. The van der Waals surface area contributed by atoms with Crippen LogP contribution in [0, 0.1) is 11.8 Å². The van der Waals surface area contributed by atoms with Crippen LogP contribution in [0.2, 0.25) is 0 Å². The Bertz CT molecular complexity index is 1990. The lowest BCUT2D eigenvalue weighted by Crippen LogP contribution is -2.65. The van der Waals surface area contributed by atoms with Crippen LogP contribution in [-0.2, 0) is 36.3 Å². The van der Waals surface area contributed by atoms with Crippen molar-refractivity contribution in [3.8, 4) is 11.5 Å². The highest BCUT2D eigenvalue weighted by molar-refractivity contribution is 7.85. The Morgan fingerprint density at radius 3 is 2.46 bits per heavy atom. The maximum absolute atomic E-state index is 12.6. The van der Waals surface area contributed by atoms with Gasteiger partial charge in [-0.3, -0.25) is 19.0 Å². The van der Waals surface area contributed by atoms with E-state index in [1.807, 2.05) is 30.3 Å². The molecule has 11 rings (SSSR count). The highest BCUT2D eigenvalue weighted by Gasteiger charge is 2.65. The summed E-state index contributed by atoms with van der Waals surface area (Å²) >= 11 is 0. The first-order valence-corrected chi connectivity index (χ1v) is 19.8. The van der Waals surface area contributed by atoms with Crippen LogP contribution in [0.25, 0.3) is 10.9 Å². The van der Waals surface area contributed by atoms with E-state index in [2.05, 4.69) is 27.9 Å². The van der Waals surface area contributed by atoms with Crippen molar-refractivity contribution in [2.75, 3.05) is 33.5 Å². The summed E-state index contributed by atoms with van der Waals surface area (Å²) in [6.07, 6.45) is 9.48. The number of hydrogen-bond donors (Lipinski definition) is 2. The van der Waals surface area contributed by atoms with Gasteiger partial charge in [-0.25, -0.2) is 4.79 Å². The molecular weight excluding hydrogens is 690 g/mol. The molecule has 3 aromatic rings. The Balaban J connectivity index is 0.000000142. The molecule has 13 nitrogen and oxygen atoms in total. The van der Waals surface area contributed by atoms with E-state index in [4.69, 9.17) is 18.8 Å². The molecule has 9 atom stereocenters. The van der Waals surface area contributed by atoms with Crippen LogP contribution >= 0.6 is 0 Å². The van der Waals surface area contributed by atoms with Gasteiger partial charge >= 0.3 is 5.97 Å². The van der Waals surface area contributed by atoms with E-state index < -0.39 is 10.1 Å². The standard InChI is InChI=1S/C19H20N2O3.C18H21NO3.CH4O3S.H2O/c22-18-10-21-12-5-11(18)6-13(21)8-14(7-12)24-19(23)16-9-20-17-4-2-1-3-15(16)17;1-19-8-7-18-11-4-5-13(20)17(18)22-16-14(21-2)6-3-10(15(16)18)9-12(11)19;1-5(2,3)4;/h1-4,9,11-14,20H,5-8,10H2;3,6,11-12,17H,4-5,7-9H2,1-2H3;1H3,(H,2,3,4);1H2/t11-,12+,13-,14-;11-,12+,17-,18-;;/m.0../s1. The molecule has 0 amide bonds. The molecule has 6 aliphatic heterocycles. The average Bonchev–Trinajstić information content (AvgIpc) is 3.67. The zero-order valence-electron chi connectivity index (χ0n) is 29.7. The largest absolute Gasteiger partial charge is 0.493 e. The Morgan fingerprint density at radius 1 is 1.06 bits per heavy atom. The highest BCUT2D eigenvalue weighted by Crippen LogP contribution is 2.63. The SMILES string of the molecule is COc1ccc2c3c1O[C@H]1C(=O)CC[C@H]4[C@@H](C2)N(C)CC[C@]314.CS(=O)(=O)O.O.O=C(O[C@@H]1C[C@@H]2C[C@@H]3C[C@H](C1)N2CC3=O)c1c[nH]c2ccccc12. The van der Waals surface area contributed by atoms with E-state index in [-0.39, 0.29) is 40.8 Å². The monoisotopic (exact) mass is 737 g/mol. The van der Waals surface area contributed by atoms with Gasteiger partial charge in [-0.1, -0.05) is 24.3 Å². The van der Waals surface area contributed by atoms with Crippen LogP contribution in [0.4, 0.5) is 0 Å². The molecule has 1 aromatic heterocycles. The number of rotatable bonds is 3. The molecule has 280 valence electrons. The number of ether oxygens (including phenoxy) is 3. The Hall–Kier alpha value is -3.82. The highest BCUT2D eigenvalue weighted by atomic mass is 32.2. The van der Waals surface area contributed by atoms with Crippen molar-refractivity contribution in [2.45, 2.75) is 87.1 Å². The molecule has 4 N–H and O–H groups in total. The molecule has 0 radical (unpaired) electrons. The van der Waals surface area contributed by atoms with Crippen molar-refractivity contribution in [1.29, 1.82) is 0 Å². The van der Waals surface area contributed by atoms with E-state index in [1.165, 1.54) is 11.1 Å². The number of likely N-dealkylation sites (N-methyl/N-ethyl adjacent to an activating group) is 1. The van der Waals surface area contributed by atoms with E-state index in [1.54, 1.807) is 13.3 Å². The number of carbonyl (C=O) groups is 3. The Morgan fingerprint density at radius 2 is 1.77 bits per heavy atom. The summed E-state index contributed by atoms with van der Waals surface area (Å²) in [6.45, 7) is 1.65. The third-order valence-electron chi connectivity index (χ3n) is 12.6. The number of para-hydroxylation sites is 1. The van der Waals surface area contributed by atoms with Crippen molar-refractivity contribution < 1.29 is 47.0 Å². The number of esters is 1. The molecule has 5 saturated heterocycles. The van der Waals surface area contributed by atoms with Crippen LogP contribution < -0.4 is 9.47 Å². The first-order chi connectivity index (χ1) is 24.4. The number of methoxy groups -OCH3 is 1. The second kappa shape index (κ2) is 13.5. The Labute approximate surface area is 303 Å². The maximum Gasteiger partial charge on any atom is 0.340 e. The van der Waals surface area contributed by atoms with Crippen molar-refractivity contribution in [1.82, 2.24) is 14.8 Å². The summed E-state index contributed by atoms with van der Waals surface area (Å²) in [5.41, 5.74) is 4.13. The number of ketones is 2. The molecule has 2 aromatic carbocycles. The van der Waals surface area contributed by atoms with Crippen molar-refractivity contribution in [3.63, 3.8) is 0 Å². The van der Waals surface area contributed by atoms with Gasteiger partial charge in [0.2, 0.25) is 0 Å². The third kappa shape index (κ3) is 6.11. The number of fused-ring (bicyclic) bond motifs is 2. The fourth-order valence-electron chi connectivity index (χ4n) is 10.5. The van der Waals surface area contributed by atoms with Crippen molar-refractivity contribution in [2.24, 2.45) is 11.8 Å². The number of benzene rings is 2. The summed E-state index contributed by atoms with van der Waals surface area (Å²) in [5.74, 6) is 2.86. The van der Waals surface area contributed by atoms with Crippen LogP contribution in [-0.4, -0.2) is 115 Å².